The van der Waals surface area contributed by atoms with Crippen LogP contribution < -0.4 is 9.80 Å². The Kier molecular flexibility index (Phi) is 7.64. The van der Waals surface area contributed by atoms with Gasteiger partial charge in [0.05, 0.1) is 29.1 Å². The van der Waals surface area contributed by atoms with E-state index in [2.05, 4.69) is 162 Å². The quantitative estimate of drug-likeness (QED) is 0.178. The molecule has 4 heteroatoms. The summed E-state index contributed by atoms with van der Waals surface area (Å²) in [7, 11) is 0. The Balaban J connectivity index is 0.976. The predicted molar refractivity (Wildman–Crippen MR) is 235 cm³/mol. The van der Waals surface area contributed by atoms with Gasteiger partial charge in [0.1, 0.15) is 5.58 Å². The minimum Gasteiger partial charge on any atom is -0.454 e. The average molecular weight is 745 g/mol. The molecule has 0 amide bonds. The van der Waals surface area contributed by atoms with E-state index in [1.165, 1.54) is 72.6 Å². The van der Waals surface area contributed by atoms with Gasteiger partial charge in [-0.25, -0.2) is 0 Å². The molecule has 7 aliphatic rings. The summed E-state index contributed by atoms with van der Waals surface area (Å²) in [6, 6.07) is 30.2. The van der Waals surface area contributed by atoms with Gasteiger partial charge in [0.15, 0.2) is 5.58 Å². The lowest BCUT2D eigenvalue weighted by Gasteiger charge is -2.40. The second-order valence-corrected chi connectivity index (χ2v) is 17.6. The largest absolute Gasteiger partial charge is 0.454 e. The summed E-state index contributed by atoms with van der Waals surface area (Å²) < 4.78 is 6.94. The predicted octanol–water partition coefficient (Wildman–Crippen LogP) is 13.0. The Morgan fingerprint density at radius 1 is 0.786 bits per heavy atom. The first-order valence-electron chi connectivity index (χ1n) is 20.7. The minimum atomic E-state index is 0.139. The third kappa shape index (κ3) is 5.04. The summed E-state index contributed by atoms with van der Waals surface area (Å²) in [4.78, 5) is 6.80. The molecule has 0 radical (unpaired) electrons. The molecule has 5 unspecified atom stereocenters. The number of furan rings is 1. The fourth-order valence-electron chi connectivity index (χ4n) is 10.9. The van der Waals surface area contributed by atoms with Crippen LogP contribution in [0, 0.1) is 0 Å². The van der Waals surface area contributed by atoms with Crippen LogP contribution in [0.15, 0.2) is 172 Å². The minimum absolute atomic E-state index is 0.139. The van der Waals surface area contributed by atoms with E-state index >= 15 is 0 Å². The molecule has 5 aliphatic carbocycles. The Morgan fingerprint density at radius 3 is 2.62 bits per heavy atom. The van der Waals surface area contributed by atoms with Crippen LogP contribution in [0.5, 0.6) is 0 Å². The molecule has 3 heterocycles. The monoisotopic (exact) mass is 744 g/mol. The molecule has 274 valence electrons. The van der Waals surface area contributed by atoms with Crippen molar-refractivity contribution in [2.45, 2.75) is 79.1 Å². The first kappa shape index (κ1) is 32.8. The Bertz CT molecular complexity index is 2710. The second-order valence-electron chi connectivity index (χ2n) is 16.4. The molecule has 3 nitrogen and oxygen atoms in total. The third-order valence-electron chi connectivity index (χ3n) is 13.4. The summed E-state index contributed by atoms with van der Waals surface area (Å²) in [5, 5.41) is 2.75. The van der Waals surface area contributed by atoms with Gasteiger partial charge in [-0.3, -0.25) is 0 Å². The van der Waals surface area contributed by atoms with Crippen molar-refractivity contribution in [3.05, 3.63) is 185 Å². The first-order chi connectivity index (χ1) is 27.8. The number of allylic oxidation sites excluding steroid dienone is 10. The van der Waals surface area contributed by atoms with Gasteiger partial charge < -0.3 is 14.2 Å². The Hall–Kier alpha value is -5.45. The summed E-state index contributed by atoms with van der Waals surface area (Å²) in [5.74, 6) is 0.554. The van der Waals surface area contributed by atoms with Gasteiger partial charge in [-0.1, -0.05) is 121 Å². The van der Waals surface area contributed by atoms with Crippen LogP contribution in [0.3, 0.4) is 0 Å². The van der Waals surface area contributed by atoms with E-state index in [-0.39, 0.29) is 11.3 Å². The highest BCUT2D eigenvalue weighted by Gasteiger charge is 2.43. The van der Waals surface area contributed by atoms with Crippen molar-refractivity contribution in [3.63, 3.8) is 0 Å². The van der Waals surface area contributed by atoms with E-state index in [4.69, 9.17) is 4.42 Å². The lowest BCUT2D eigenvalue weighted by Crippen LogP contribution is -2.42. The number of hydrogen-bond acceptors (Lipinski definition) is 4. The number of anilines is 2. The van der Waals surface area contributed by atoms with E-state index in [1.54, 1.807) is 5.57 Å². The van der Waals surface area contributed by atoms with Crippen molar-refractivity contribution in [3.8, 4) is 0 Å². The van der Waals surface area contributed by atoms with Crippen molar-refractivity contribution in [2.75, 3.05) is 9.80 Å². The molecule has 2 aliphatic heterocycles. The molecule has 0 fully saturated rings. The summed E-state index contributed by atoms with van der Waals surface area (Å²) in [6.45, 7) is 0. The Morgan fingerprint density at radius 2 is 1.70 bits per heavy atom. The molecule has 12 rings (SSSR count). The molecule has 0 N–H and O–H groups in total. The van der Waals surface area contributed by atoms with Crippen LogP contribution >= 0.6 is 11.8 Å². The number of nitrogens with zero attached hydrogens (tertiary/aromatic N) is 2. The molecule has 0 spiro atoms. The van der Waals surface area contributed by atoms with Crippen molar-refractivity contribution in [2.24, 2.45) is 0 Å². The standard InChI is InChI=1S/C52H44N2OS/c1-2-14-36(15-3-1)53-44-21-9-6-17-39(44)40-30-27-34(31-46(40)53)33-25-28-37(29-26-33)54(45-22-12-20-42-41-18-8-11-24-49(41)56-52(42)45)47-32-35-13-4-5-16-38(35)50-43-19-7-10-23-48(43)55-51(47)50/h1-3,5-12,14,16-25,28,31-32,36,40,45-46,52H,4,13,15,26-27,29-30H2. The van der Waals surface area contributed by atoms with Crippen molar-refractivity contribution >= 4 is 56.7 Å². The topological polar surface area (TPSA) is 19.6 Å². The summed E-state index contributed by atoms with van der Waals surface area (Å²) >= 11 is 2.02. The molecule has 0 saturated carbocycles. The zero-order chi connectivity index (χ0) is 36.7. The fourth-order valence-corrected chi connectivity index (χ4v) is 12.3. The van der Waals surface area contributed by atoms with Gasteiger partial charge in [0.25, 0.3) is 0 Å². The number of hydrogen-bond donors (Lipinski definition) is 0. The lowest BCUT2D eigenvalue weighted by atomic mass is 9.79. The number of thioether (sulfide) groups is 1. The highest BCUT2D eigenvalue weighted by molar-refractivity contribution is 8.01. The molecular weight excluding hydrogens is 701 g/mol. The van der Waals surface area contributed by atoms with Gasteiger partial charge in [0, 0.05) is 33.0 Å². The highest BCUT2D eigenvalue weighted by Crippen LogP contribution is 2.53. The third-order valence-corrected chi connectivity index (χ3v) is 14.8. The van der Waals surface area contributed by atoms with Crippen molar-refractivity contribution in [1.29, 1.82) is 0 Å². The van der Waals surface area contributed by atoms with Crippen LogP contribution in [0.1, 0.15) is 66.7 Å². The van der Waals surface area contributed by atoms with Crippen molar-refractivity contribution < 1.29 is 4.42 Å². The number of benzene rings is 4. The van der Waals surface area contributed by atoms with Crippen LogP contribution in [-0.4, -0.2) is 23.4 Å². The molecule has 0 saturated heterocycles. The number of rotatable bonds is 5. The van der Waals surface area contributed by atoms with Gasteiger partial charge >= 0.3 is 0 Å². The number of fused-ring (bicyclic) bond motifs is 11. The molecule has 5 aromatic rings. The summed E-state index contributed by atoms with van der Waals surface area (Å²) in [6.07, 6.45) is 36.1. The van der Waals surface area contributed by atoms with Crippen LogP contribution in [-0.2, 0) is 6.42 Å². The number of para-hydroxylation sites is 2. The lowest BCUT2D eigenvalue weighted by molar-refractivity contribution is 0.513. The summed E-state index contributed by atoms with van der Waals surface area (Å²) in [5.41, 5.74) is 16.1. The highest BCUT2D eigenvalue weighted by atomic mass is 32.2. The smallest absolute Gasteiger partial charge is 0.159 e. The van der Waals surface area contributed by atoms with Crippen LogP contribution in [0.2, 0.25) is 0 Å². The molecule has 1 aromatic heterocycles. The normalized spacial score (nSPS) is 25.6. The van der Waals surface area contributed by atoms with Crippen LogP contribution in [0.25, 0.3) is 33.6 Å². The van der Waals surface area contributed by atoms with Gasteiger partial charge in [-0.15, -0.1) is 11.8 Å². The van der Waals surface area contributed by atoms with E-state index in [0.29, 0.717) is 18.0 Å². The van der Waals surface area contributed by atoms with E-state index in [9.17, 15) is 0 Å². The first-order valence-corrected chi connectivity index (χ1v) is 21.6. The molecular formula is C52H44N2OS. The maximum atomic E-state index is 6.94. The number of aryl methyl sites for hydroxylation is 1. The fraction of sp³-hybridized carbons (Fsp3) is 0.231. The van der Waals surface area contributed by atoms with E-state index < -0.39 is 0 Å². The maximum absolute atomic E-state index is 6.94. The second kappa shape index (κ2) is 13.1. The molecule has 4 aromatic carbocycles. The van der Waals surface area contributed by atoms with Crippen LogP contribution in [0.4, 0.5) is 11.4 Å². The maximum Gasteiger partial charge on any atom is 0.159 e. The van der Waals surface area contributed by atoms with E-state index in [1.807, 2.05) is 11.8 Å². The average Bonchev–Trinajstić information content (AvgIpc) is 3.95. The van der Waals surface area contributed by atoms with Gasteiger partial charge in [-0.05, 0) is 114 Å². The van der Waals surface area contributed by atoms with Gasteiger partial charge in [0.2, 0.25) is 0 Å². The van der Waals surface area contributed by atoms with Crippen molar-refractivity contribution in [1.82, 2.24) is 0 Å². The molecule has 0 bridgehead atoms. The zero-order valence-electron chi connectivity index (χ0n) is 31.5. The zero-order valence-corrected chi connectivity index (χ0v) is 32.3. The van der Waals surface area contributed by atoms with E-state index in [0.717, 1.165) is 49.7 Å². The molecule has 5 atom stereocenters. The van der Waals surface area contributed by atoms with Gasteiger partial charge in [-0.2, -0.15) is 0 Å². The SMILES string of the molecule is C1=CCC(N2c3ccccc3C3CCC(C4=CC=C(N(c5cc6c(c7c5oc5ccccc57)C=CCC6)C5C=CC=C6c7ccccc7SC65)CC4)=CC32)C=C1. The molecule has 56 heavy (non-hydrogen) atoms. The Labute approximate surface area is 333 Å².